The summed E-state index contributed by atoms with van der Waals surface area (Å²) in [5.74, 6) is 1.13. The highest BCUT2D eigenvalue weighted by atomic mass is 32.2. The molecule has 1 aromatic rings. The molecular formula is C21H27NO5S3. The predicted molar refractivity (Wildman–Crippen MR) is 125 cm³/mol. The van der Waals surface area contributed by atoms with E-state index in [1.54, 1.807) is 13.2 Å². The van der Waals surface area contributed by atoms with Crippen molar-refractivity contribution in [3.63, 3.8) is 0 Å². The van der Waals surface area contributed by atoms with Crippen LogP contribution < -0.4 is 9.47 Å². The van der Waals surface area contributed by atoms with E-state index in [0.29, 0.717) is 33.8 Å². The van der Waals surface area contributed by atoms with Crippen LogP contribution in [0.3, 0.4) is 0 Å². The molecule has 2 saturated heterocycles. The van der Waals surface area contributed by atoms with Gasteiger partial charge < -0.3 is 9.47 Å². The molecule has 0 saturated carbocycles. The van der Waals surface area contributed by atoms with Crippen LogP contribution >= 0.6 is 24.0 Å². The second-order valence-electron chi connectivity index (χ2n) is 7.43. The Kier molecular flexibility index (Phi) is 7.81. The molecule has 2 fully saturated rings. The average Bonchev–Trinajstić information content (AvgIpc) is 3.20. The number of nitrogens with zero attached hydrogens (tertiary/aromatic N) is 1. The largest absolute Gasteiger partial charge is 0.493 e. The van der Waals surface area contributed by atoms with Crippen molar-refractivity contribution in [2.75, 3.05) is 25.2 Å². The van der Waals surface area contributed by atoms with Crippen molar-refractivity contribution in [1.29, 1.82) is 0 Å². The molecule has 30 heavy (non-hydrogen) atoms. The van der Waals surface area contributed by atoms with E-state index >= 15 is 0 Å². The maximum Gasteiger partial charge on any atom is 0.266 e. The first-order valence-electron chi connectivity index (χ1n) is 10.1. The first kappa shape index (κ1) is 23.1. The van der Waals surface area contributed by atoms with Gasteiger partial charge in [-0.2, -0.15) is 0 Å². The van der Waals surface area contributed by atoms with E-state index in [0.717, 1.165) is 18.4 Å². The molecule has 0 spiro atoms. The van der Waals surface area contributed by atoms with E-state index in [-0.39, 0.29) is 23.5 Å². The van der Waals surface area contributed by atoms with Gasteiger partial charge in [-0.05, 0) is 36.6 Å². The summed E-state index contributed by atoms with van der Waals surface area (Å²) in [4.78, 5) is 14.8. The number of amides is 1. The van der Waals surface area contributed by atoms with Gasteiger partial charge in [-0.3, -0.25) is 9.69 Å². The fourth-order valence-corrected chi connectivity index (χ4v) is 6.63. The lowest BCUT2D eigenvalue weighted by Gasteiger charge is -2.20. The molecule has 2 aliphatic rings. The van der Waals surface area contributed by atoms with Crippen LogP contribution in [0.15, 0.2) is 23.1 Å². The molecule has 1 atom stereocenters. The number of carbonyl (C=O) groups excluding carboxylic acids is 1. The smallest absolute Gasteiger partial charge is 0.266 e. The SMILES string of the molecule is CCCCCCOc1ccc(/C=C2/SC(=S)N([C@@H]3CCS(=O)(=O)C3)C2=O)cc1OC. The van der Waals surface area contributed by atoms with Gasteiger partial charge in [0.25, 0.3) is 5.91 Å². The number of hydrogen-bond donors (Lipinski definition) is 0. The number of benzene rings is 1. The number of unbranched alkanes of at least 4 members (excludes halogenated alkanes) is 3. The van der Waals surface area contributed by atoms with E-state index in [1.165, 1.54) is 29.5 Å². The fraction of sp³-hybridized carbons (Fsp3) is 0.524. The molecule has 3 rings (SSSR count). The molecule has 1 amide bonds. The fourth-order valence-electron chi connectivity index (χ4n) is 3.53. The molecule has 0 bridgehead atoms. The van der Waals surface area contributed by atoms with E-state index < -0.39 is 9.84 Å². The van der Waals surface area contributed by atoms with Crippen LogP contribution in [-0.4, -0.2) is 54.8 Å². The molecule has 0 radical (unpaired) electrons. The topological polar surface area (TPSA) is 72.9 Å². The van der Waals surface area contributed by atoms with Crippen LogP contribution in [0.25, 0.3) is 6.08 Å². The van der Waals surface area contributed by atoms with E-state index in [9.17, 15) is 13.2 Å². The number of thioether (sulfide) groups is 1. The predicted octanol–water partition coefficient (Wildman–Crippen LogP) is 4.04. The van der Waals surface area contributed by atoms with Crippen molar-refractivity contribution < 1.29 is 22.7 Å². The van der Waals surface area contributed by atoms with Gasteiger partial charge in [-0.1, -0.05) is 56.2 Å². The molecule has 0 aliphatic carbocycles. The third kappa shape index (κ3) is 5.56. The quantitative estimate of drug-likeness (QED) is 0.307. The minimum atomic E-state index is -3.10. The lowest BCUT2D eigenvalue weighted by atomic mass is 10.1. The zero-order chi connectivity index (χ0) is 21.7. The van der Waals surface area contributed by atoms with Crippen LogP contribution in [-0.2, 0) is 14.6 Å². The number of methoxy groups -OCH3 is 1. The first-order valence-corrected chi connectivity index (χ1v) is 13.2. The van der Waals surface area contributed by atoms with Crippen LogP contribution in [0.5, 0.6) is 11.5 Å². The second kappa shape index (κ2) is 10.2. The summed E-state index contributed by atoms with van der Waals surface area (Å²) >= 11 is 6.56. The van der Waals surface area contributed by atoms with Crippen molar-refractivity contribution in [3.8, 4) is 11.5 Å². The van der Waals surface area contributed by atoms with Crippen molar-refractivity contribution in [2.45, 2.75) is 45.1 Å². The van der Waals surface area contributed by atoms with Crippen molar-refractivity contribution >= 4 is 50.1 Å². The summed E-state index contributed by atoms with van der Waals surface area (Å²) in [6, 6.07) is 5.17. The Morgan fingerprint density at radius 2 is 2.07 bits per heavy atom. The Morgan fingerprint density at radius 1 is 1.27 bits per heavy atom. The van der Waals surface area contributed by atoms with E-state index in [2.05, 4.69) is 6.92 Å². The molecule has 1 aromatic carbocycles. The standard InChI is InChI=1S/C21H27NO5S3/c1-3-4-5-6-10-27-17-8-7-15(12-18(17)26-2)13-19-20(23)22(21(28)29-19)16-9-11-30(24,25)14-16/h7-8,12-13,16H,3-6,9-11,14H2,1-2H3/b19-13+/t16-/m1/s1. The number of sulfone groups is 1. The maximum absolute atomic E-state index is 12.9. The van der Waals surface area contributed by atoms with Gasteiger partial charge >= 0.3 is 0 Å². The van der Waals surface area contributed by atoms with Gasteiger partial charge in [0.2, 0.25) is 0 Å². The summed E-state index contributed by atoms with van der Waals surface area (Å²) in [5.41, 5.74) is 0.796. The molecule has 2 heterocycles. The van der Waals surface area contributed by atoms with E-state index in [1.807, 2.05) is 18.2 Å². The third-order valence-corrected chi connectivity index (χ3v) is 8.22. The van der Waals surface area contributed by atoms with Crippen molar-refractivity contribution in [3.05, 3.63) is 28.7 Å². The number of rotatable bonds is 9. The zero-order valence-electron chi connectivity index (χ0n) is 17.3. The van der Waals surface area contributed by atoms with Gasteiger partial charge in [0.1, 0.15) is 4.32 Å². The number of ether oxygens (including phenoxy) is 2. The lowest BCUT2D eigenvalue weighted by molar-refractivity contribution is -0.123. The third-order valence-electron chi connectivity index (χ3n) is 5.14. The number of hydrogen-bond acceptors (Lipinski definition) is 7. The Bertz CT molecular complexity index is 942. The Labute approximate surface area is 187 Å². The highest BCUT2D eigenvalue weighted by Gasteiger charge is 2.42. The molecule has 6 nitrogen and oxygen atoms in total. The summed E-state index contributed by atoms with van der Waals surface area (Å²) in [6.07, 6.45) is 6.71. The first-order chi connectivity index (χ1) is 14.3. The van der Waals surface area contributed by atoms with Crippen LogP contribution in [0.1, 0.15) is 44.6 Å². The van der Waals surface area contributed by atoms with Gasteiger partial charge in [0, 0.05) is 0 Å². The van der Waals surface area contributed by atoms with Gasteiger partial charge in [-0.25, -0.2) is 8.42 Å². The molecule has 0 aromatic heterocycles. The van der Waals surface area contributed by atoms with Crippen molar-refractivity contribution in [2.24, 2.45) is 0 Å². The van der Waals surface area contributed by atoms with Crippen LogP contribution in [0, 0.1) is 0 Å². The highest BCUT2D eigenvalue weighted by Crippen LogP contribution is 2.37. The zero-order valence-corrected chi connectivity index (χ0v) is 19.7. The molecular weight excluding hydrogens is 442 g/mol. The summed E-state index contributed by atoms with van der Waals surface area (Å²) in [7, 11) is -1.51. The molecule has 0 unspecified atom stereocenters. The normalized spacial score (nSPS) is 22.1. The monoisotopic (exact) mass is 469 g/mol. The van der Waals surface area contributed by atoms with Gasteiger partial charge in [0.15, 0.2) is 21.3 Å². The molecule has 2 aliphatic heterocycles. The molecule has 0 N–H and O–H groups in total. The van der Waals surface area contributed by atoms with Gasteiger partial charge in [-0.15, -0.1) is 0 Å². The number of thiocarbonyl (C=S) groups is 1. The average molecular weight is 470 g/mol. The molecule has 9 heteroatoms. The summed E-state index contributed by atoms with van der Waals surface area (Å²) in [5, 5.41) is 0. The Hall–Kier alpha value is -1.58. The van der Waals surface area contributed by atoms with E-state index in [4.69, 9.17) is 21.7 Å². The summed E-state index contributed by atoms with van der Waals surface area (Å²) < 4.78 is 35.3. The minimum absolute atomic E-state index is 0.0230. The van der Waals surface area contributed by atoms with Crippen molar-refractivity contribution in [1.82, 2.24) is 4.90 Å². The molecule has 164 valence electrons. The second-order valence-corrected chi connectivity index (χ2v) is 11.3. The maximum atomic E-state index is 12.9. The lowest BCUT2D eigenvalue weighted by Crippen LogP contribution is -2.39. The van der Waals surface area contributed by atoms with Crippen LogP contribution in [0.2, 0.25) is 0 Å². The van der Waals surface area contributed by atoms with Gasteiger partial charge in [0.05, 0.1) is 36.2 Å². The minimum Gasteiger partial charge on any atom is -0.493 e. The van der Waals surface area contributed by atoms with Crippen LogP contribution in [0.4, 0.5) is 0 Å². The number of carbonyl (C=O) groups is 1. The highest BCUT2D eigenvalue weighted by molar-refractivity contribution is 8.26. The summed E-state index contributed by atoms with van der Waals surface area (Å²) in [6.45, 7) is 2.81. The Morgan fingerprint density at radius 3 is 2.73 bits per heavy atom. The Balaban J connectivity index is 1.70.